The lowest BCUT2D eigenvalue weighted by Crippen LogP contribution is -2.51. The molecule has 208 valence electrons. The van der Waals surface area contributed by atoms with Gasteiger partial charge in [-0.2, -0.15) is 13.2 Å². The number of primary amides is 1. The Morgan fingerprint density at radius 2 is 1.90 bits per heavy atom. The van der Waals surface area contributed by atoms with E-state index in [2.05, 4.69) is 15.3 Å². The molecular weight excluding hydrogens is 556 g/mol. The van der Waals surface area contributed by atoms with Gasteiger partial charge in [-0.1, -0.05) is 11.6 Å². The number of ether oxygens (including phenoxy) is 1. The smallest absolute Gasteiger partial charge is 0.424 e. The molecule has 0 fully saturated rings. The first-order valence-corrected chi connectivity index (χ1v) is 12.2. The molecule has 1 aliphatic heterocycles. The highest BCUT2D eigenvalue weighted by Gasteiger charge is 2.57. The molecule has 3 heterocycles. The average molecular weight is 577 g/mol. The van der Waals surface area contributed by atoms with E-state index >= 15 is 0 Å². The molecular formula is C27H21ClF4N4O4. The van der Waals surface area contributed by atoms with Crippen molar-refractivity contribution in [2.45, 2.75) is 24.1 Å². The van der Waals surface area contributed by atoms with Gasteiger partial charge in [-0.05, 0) is 55.5 Å². The normalized spacial score (nSPS) is 18.2. The number of halogens is 5. The van der Waals surface area contributed by atoms with Crippen molar-refractivity contribution in [1.82, 2.24) is 15.3 Å². The van der Waals surface area contributed by atoms with E-state index in [0.717, 1.165) is 18.2 Å². The van der Waals surface area contributed by atoms with E-state index in [1.807, 2.05) is 0 Å². The molecule has 5 rings (SSSR count). The number of fused-ring (bicyclic) bond motifs is 2. The lowest BCUT2D eigenvalue weighted by Gasteiger charge is -2.31. The number of alkyl halides is 3. The van der Waals surface area contributed by atoms with Gasteiger partial charge in [0.25, 0.3) is 5.91 Å². The van der Waals surface area contributed by atoms with Crippen molar-refractivity contribution in [3.8, 4) is 17.0 Å². The van der Waals surface area contributed by atoms with E-state index in [1.54, 1.807) is 0 Å². The number of hydrogen-bond donors (Lipinski definition) is 4. The maximum absolute atomic E-state index is 14.6. The van der Waals surface area contributed by atoms with Gasteiger partial charge in [-0.3, -0.25) is 9.59 Å². The van der Waals surface area contributed by atoms with Gasteiger partial charge in [0.15, 0.2) is 0 Å². The van der Waals surface area contributed by atoms with Crippen LogP contribution in [-0.4, -0.2) is 46.2 Å². The number of nitrogens with one attached hydrogen (secondary N) is 2. The van der Waals surface area contributed by atoms with Crippen LogP contribution < -0.4 is 15.8 Å². The van der Waals surface area contributed by atoms with Crippen molar-refractivity contribution in [3.05, 3.63) is 82.4 Å². The van der Waals surface area contributed by atoms with Crippen LogP contribution in [0.3, 0.4) is 0 Å². The third-order valence-corrected chi connectivity index (χ3v) is 7.36. The van der Waals surface area contributed by atoms with Crippen molar-refractivity contribution in [2.24, 2.45) is 5.73 Å². The van der Waals surface area contributed by atoms with Crippen molar-refractivity contribution in [1.29, 1.82) is 0 Å². The van der Waals surface area contributed by atoms with Gasteiger partial charge in [0.2, 0.25) is 11.5 Å². The van der Waals surface area contributed by atoms with Crippen LogP contribution in [0.5, 0.6) is 5.75 Å². The molecule has 5 N–H and O–H groups in total. The molecule has 1 aliphatic rings. The lowest BCUT2D eigenvalue weighted by atomic mass is 9.81. The summed E-state index contributed by atoms with van der Waals surface area (Å²) in [6.07, 6.45) is -3.82. The summed E-state index contributed by atoms with van der Waals surface area (Å²) in [7, 11) is 0. The average Bonchev–Trinajstić information content (AvgIpc) is 3.53. The molecule has 0 aliphatic carbocycles. The Balaban J connectivity index is 1.61. The second-order valence-electron chi connectivity index (χ2n) is 9.63. The number of pyridine rings is 1. The molecule has 0 radical (unpaired) electrons. The van der Waals surface area contributed by atoms with Crippen molar-refractivity contribution in [3.63, 3.8) is 0 Å². The number of rotatable bonds is 6. The molecule has 40 heavy (non-hydrogen) atoms. The number of amides is 2. The van der Waals surface area contributed by atoms with Crippen LogP contribution in [0.15, 0.2) is 54.7 Å². The second kappa shape index (κ2) is 9.49. The van der Waals surface area contributed by atoms with Crippen LogP contribution in [0.25, 0.3) is 22.2 Å². The molecule has 0 bridgehead atoms. The Morgan fingerprint density at radius 3 is 2.55 bits per heavy atom. The van der Waals surface area contributed by atoms with Crippen LogP contribution in [-0.2, 0) is 15.8 Å². The first kappa shape index (κ1) is 27.4. The van der Waals surface area contributed by atoms with Crippen molar-refractivity contribution >= 4 is 34.3 Å². The zero-order valence-electron chi connectivity index (χ0n) is 20.7. The fourth-order valence-corrected chi connectivity index (χ4v) is 4.78. The number of nitrogens with two attached hydrogens (primary N) is 1. The predicted molar refractivity (Wildman–Crippen MR) is 137 cm³/mol. The Kier molecular flexibility index (Phi) is 6.50. The predicted octanol–water partition coefficient (Wildman–Crippen LogP) is 4.34. The molecule has 4 aromatic rings. The third kappa shape index (κ3) is 4.33. The topological polar surface area (TPSA) is 130 Å². The number of carbonyl (C=O) groups is 2. The van der Waals surface area contributed by atoms with E-state index < -0.39 is 47.1 Å². The zero-order valence-corrected chi connectivity index (χ0v) is 21.5. The van der Waals surface area contributed by atoms with Crippen molar-refractivity contribution in [2.75, 3.05) is 13.2 Å². The fraction of sp³-hybridized carbons (Fsp3) is 0.222. The van der Waals surface area contributed by atoms with Gasteiger partial charge in [0.1, 0.15) is 29.3 Å². The molecule has 0 spiro atoms. The van der Waals surface area contributed by atoms with Gasteiger partial charge < -0.3 is 25.9 Å². The molecule has 2 atom stereocenters. The molecule has 0 unspecified atom stereocenters. The Morgan fingerprint density at radius 1 is 1.20 bits per heavy atom. The quantitative estimate of drug-likeness (QED) is 0.254. The second-order valence-corrected chi connectivity index (χ2v) is 10.0. The summed E-state index contributed by atoms with van der Waals surface area (Å²) in [6, 6.07) is 9.86. The molecule has 2 amide bonds. The third-order valence-electron chi connectivity index (χ3n) is 7.05. The van der Waals surface area contributed by atoms with Gasteiger partial charge >= 0.3 is 6.18 Å². The molecule has 2 aromatic heterocycles. The molecule has 0 saturated heterocycles. The maximum Gasteiger partial charge on any atom is 0.424 e. The Hall–Kier alpha value is -4.16. The highest BCUT2D eigenvalue weighted by molar-refractivity contribution is 6.35. The minimum absolute atomic E-state index is 0.0220. The number of H-pyrrole nitrogens is 1. The number of aromatic nitrogens is 2. The number of aromatic amines is 1. The number of aliphatic hydroxyl groups is 1. The minimum atomic E-state index is -5.34. The highest BCUT2D eigenvalue weighted by Crippen LogP contribution is 2.47. The molecule has 8 nitrogen and oxygen atoms in total. The van der Waals surface area contributed by atoms with Crippen molar-refractivity contribution < 1.29 is 37.0 Å². The van der Waals surface area contributed by atoms with Crippen LogP contribution in [0.4, 0.5) is 17.6 Å². The first-order chi connectivity index (χ1) is 18.8. The van der Waals surface area contributed by atoms with Gasteiger partial charge in [-0.25, -0.2) is 9.37 Å². The molecule has 13 heteroatoms. The number of carbonyl (C=O) groups excluding carboxylic acids is 2. The lowest BCUT2D eigenvalue weighted by molar-refractivity contribution is -0.265. The summed E-state index contributed by atoms with van der Waals surface area (Å²) in [6.45, 7) is -0.232. The van der Waals surface area contributed by atoms with Crippen LogP contribution in [0.1, 0.15) is 28.5 Å². The number of hydrogen-bond acceptors (Lipinski definition) is 5. The molecule has 0 saturated carbocycles. The largest absolute Gasteiger partial charge is 0.489 e. The summed E-state index contributed by atoms with van der Waals surface area (Å²) in [5.41, 5.74) is -0.222. The minimum Gasteiger partial charge on any atom is -0.489 e. The van der Waals surface area contributed by atoms with Crippen LogP contribution in [0.2, 0.25) is 5.02 Å². The van der Waals surface area contributed by atoms with Gasteiger partial charge in [0.05, 0.1) is 22.8 Å². The van der Waals surface area contributed by atoms with Gasteiger partial charge in [0, 0.05) is 28.3 Å². The van der Waals surface area contributed by atoms with E-state index in [0.29, 0.717) is 15.9 Å². The summed E-state index contributed by atoms with van der Waals surface area (Å²) < 4.78 is 62.9. The summed E-state index contributed by atoms with van der Waals surface area (Å²) >= 11 is 6.11. The monoisotopic (exact) mass is 576 g/mol. The summed E-state index contributed by atoms with van der Waals surface area (Å²) in [5.74, 6) is -2.42. The summed E-state index contributed by atoms with van der Waals surface area (Å²) in [5, 5.41) is 14.0. The molecule has 2 aromatic carbocycles. The standard InChI is InChI=1S/C27H21ClF4N4O4/c1-25(24(33)38)12-40-22-17(25)10-19(36-20(22)13-2-4-14(29)5-3-13)26(39,27(30,31)32)11-35-23(37)16-6-7-18(28)21-15(16)8-9-34-21/h2-10,34,39H,11-12H2,1H3,(H2,33,38)(H,35,37)/t25-,26-/m0/s1. The fourth-order valence-electron chi connectivity index (χ4n) is 4.56. The number of benzene rings is 2. The van der Waals surface area contributed by atoms with E-state index in [1.165, 1.54) is 43.5 Å². The maximum atomic E-state index is 14.6. The zero-order chi connectivity index (χ0) is 29.0. The Bertz CT molecular complexity index is 1660. The highest BCUT2D eigenvalue weighted by atomic mass is 35.5. The first-order valence-electron chi connectivity index (χ1n) is 11.8. The van der Waals surface area contributed by atoms with E-state index in [4.69, 9.17) is 22.1 Å². The summed E-state index contributed by atoms with van der Waals surface area (Å²) in [4.78, 5) is 32.2. The van der Waals surface area contributed by atoms with Crippen LogP contribution >= 0.6 is 11.6 Å². The SMILES string of the molecule is C[C@]1(C(N)=O)COc2c1cc([C@@](O)(CNC(=O)c1ccc(Cl)c3[nH]ccc13)C(F)(F)F)nc2-c1ccc(F)cc1. The Labute approximate surface area is 229 Å². The number of nitrogens with zero attached hydrogens (tertiary/aromatic N) is 1. The van der Waals surface area contributed by atoms with E-state index in [-0.39, 0.29) is 34.7 Å². The van der Waals surface area contributed by atoms with Gasteiger partial charge in [-0.15, -0.1) is 0 Å². The van der Waals surface area contributed by atoms with E-state index in [9.17, 15) is 32.3 Å². The van der Waals surface area contributed by atoms with Crippen LogP contribution in [0, 0.1) is 5.82 Å².